The molecule has 0 aliphatic heterocycles. The lowest BCUT2D eigenvalue weighted by molar-refractivity contribution is 0.476. The van der Waals surface area contributed by atoms with Gasteiger partial charge >= 0.3 is 0 Å². The maximum absolute atomic E-state index is 14.0. The van der Waals surface area contributed by atoms with Crippen LogP contribution in [0.25, 0.3) is 21.2 Å². The van der Waals surface area contributed by atoms with Crippen LogP contribution in [0, 0.1) is 19.8 Å². The van der Waals surface area contributed by atoms with Crippen LogP contribution in [0.5, 0.6) is 17.2 Å². The molecule has 0 radical (unpaired) electrons. The lowest BCUT2D eigenvalue weighted by Crippen LogP contribution is -2.11. The van der Waals surface area contributed by atoms with E-state index in [1.165, 1.54) is 5.56 Å². The van der Waals surface area contributed by atoms with Gasteiger partial charge in [0.25, 0.3) is 0 Å². The van der Waals surface area contributed by atoms with Crippen molar-refractivity contribution in [2.24, 2.45) is 5.92 Å². The molecule has 1 aromatic heterocycles. The van der Waals surface area contributed by atoms with Gasteiger partial charge in [0.15, 0.2) is 5.43 Å². The van der Waals surface area contributed by atoms with Gasteiger partial charge in [0.2, 0.25) is 0 Å². The first-order valence-electron chi connectivity index (χ1n) is 12.0. The zero-order valence-corrected chi connectivity index (χ0v) is 21.0. The van der Waals surface area contributed by atoms with Crippen LogP contribution in [0.2, 0.25) is 0 Å². The average molecular weight is 471 g/mol. The van der Waals surface area contributed by atoms with Crippen molar-refractivity contribution in [2.45, 2.75) is 52.9 Å². The van der Waals surface area contributed by atoms with Crippen LogP contribution < -0.4 is 10.2 Å². The van der Waals surface area contributed by atoms with Crippen LogP contribution in [-0.2, 0) is 6.42 Å². The summed E-state index contributed by atoms with van der Waals surface area (Å²) in [4.78, 5) is 15.2. The Balaban J connectivity index is 1.68. The number of benzene rings is 3. The van der Waals surface area contributed by atoms with Crippen molar-refractivity contribution in [1.29, 1.82) is 0 Å². The number of phenols is 1. The van der Waals surface area contributed by atoms with Gasteiger partial charge in [-0.1, -0.05) is 44.2 Å². The van der Waals surface area contributed by atoms with Crippen molar-refractivity contribution in [3.8, 4) is 28.4 Å². The summed E-state index contributed by atoms with van der Waals surface area (Å²) in [6.45, 7) is 8.39. The average Bonchev–Trinajstić information content (AvgIpc) is 3.67. The molecule has 0 saturated heterocycles. The van der Waals surface area contributed by atoms with Gasteiger partial charge in [-0.15, -0.1) is 11.3 Å². The molecule has 1 saturated carbocycles. The van der Waals surface area contributed by atoms with E-state index in [2.05, 4.69) is 20.8 Å². The quantitative estimate of drug-likeness (QED) is 0.309. The molecule has 5 rings (SSSR count). The SMILES string of the molecule is Cc1c(C)c(O)c2c(=O)c(-c3ccc(Oc4ccccc4)cc3)c(C3CC3)sc2c1CC(C)C. The Morgan fingerprint density at radius 2 is 1.62 bits per heavy atom. The minimum atomic E-state index is -0.0574. The monoisotopic (exact) mass is 470 g/mol. The Morgan fingerprint density at radius 1 is 0.971 bits per heavy atom. The molecule has 3 aromatic carbocycles. The van der Waals surface area contributed by atoms with Crippen LogP contribution in [-0.4, -0.2) is 5.11 Å². The molecule has 174 valence electrons. The van der Waals surface area contributed by atoms with Gasteiger partial charge in [-0.3, -0.25) is 4.79 Å². The third kappa shape index (κ3) is 4.12. The Labute approximate surface area is 204 Å². The number of rotatable bonds is 6. The summed E-state index contributed by atoms with van der Waals surface area (Å²) in [5, 5.41) is 11.6. The second-order valence-electron chi connectivity index (χ2n) is 9.76. The molecule has 1 aliphatic carbocycles. The van der Waals surface area contributed by atoms with E-state index in [9.17, 15) is 9.90 Å². The standard InChI is InChI=1S/C30H30O3S/c1-17(2)16-24-18(3)19(4)27(31)26-28(32)25(29(21-10-11-21)34-30(24)26)20-12-14-23(15-13-20)33-22-8-6-5-7-9-22/h5-9,12-15,17,21,31H,10-11,16H2,1-4H3. The van der Waals surface area contributed by atoms with Crippen molar-refractivity contribution in [3.63, 3.8) is 0 Å². The fourth-order valence-corrected chi connectivity index (χ4v) is 6.20. The molecule has 1 N–H and O–H groups in total. The van der Waals surface area contributed by atoms with Crippen LogP contribution >= 0.6 is 11.3 Å². The highest BCUT2D eigenvalue weighted by Gasteiger charge is 2.31. The maximum Gasteiger partial charge on any atom is 0.199 e. The van der Waals surface area contributed by atoms with Crippen molar-refractivity contribution in [1.82, 2.24) is 0 Å². The Morgan fingerprint density at radius 3 is 2.24 bits per heavy atom. The summed E-state index contributed by atoms with van der Waals surface area (Å²) in [6.07, 6.45) is 3.12. The predicted octanol–water partition coefficient (Wildman–Crippen LogP) is 8.12. The first-order valence-corrected chi connectivity index (χ1v) is 12.8. The van der Waals surface area contributed by atoms with Crippen LogP contribution in [0.15, 0.2) is 59.4 Å². The second-order valence-corrected chi connectivity index (χ2v) is 10.8. The fourth-order valence-electron chi connectivity index (χ4n) is 4.62. The molecule has 0 unspecified atom stereocenters. The van der Waals surface area contributed by atoms with Crippen LogP contribution in [0.3, 0.4) is 0 Å². The molecule has 4 aromatic rings. The molecular formula is C30H30O3S. The van der Waals surface area contributed by atoms with E-state index in [4.69, 9.17) is 4.74 Å². The molecule has 1 aliphatic rings. The van der Waals surface area contributed by atoms with Gasteiger partial charge < -0.3 is 9.84 Å². The van der Waals surface area contributed by atoms with Gasteiger partial charge in [0.05, 0.1) is 5.39 Å². The lowest BCUT2D eigenvalue weighted by Gasteiger charge is -2.19. The lowest BCUT2D eigenvalue weighted by atomic mass is 9.92. The van der Waals surface area contributed by atoms with Gasteiger partial charge in [-0.25, -0.2) is 0 Å². The smallest absolute Gasteiger partial charge is 0.199 e. The Hall–Kier alpha value is -3.11. The summed E-state index contributed by atoms with van der Waals surface area (Å²) in [5.74, 6) is 2.53. The minimum Gasteiger partial charge on any atom is -0.507 e. The topological polar surface area (TPSA) is 46.5 Å². The molecule has 4 heteroatoms. The van der Waals surface area contributed by atoms with Gasteiger partial charge in [-0.2, -0.15) is 0 Å². The van der Waals surface area contributed by atoms with Crippen LogP contribution in [0.1, 0.15) is 54.2 Å². The highest BCUT2D eigenvalue weighted by atomic mass is 32.1. The first-order chi connectivity index (χ1) is 16.3. The molecule has 1 fully saturated rings. The number of fused-ring (bicyclic) bond motifs is 1. The third-order valence-corrected chi connectivity index (χ3v) is 8.12. The van der Waals surface area contributed by atoms with Crippen molar-refractivity contribution in [2.75, 3.05) is 0 Å². The zero-order chi connectivity index (χ0) is 24.0. The number of hydrogen-bond donors (Lipinski definition) is 1. The number of ether oxygens (including phenoxy) is 1. The Bertz CT molecular complexity index is 1410. The summed E-state index contributed by atoms with van der Waals surface area (Å²) in [7, 11) is 0. The van der Waals surface area contributed by atoms with Crippen molar-refractivity contribution in [3.05, 3.63) is 86.4 Å². The molecule has 0 amide bonds. The van der Waals surface area contributed by atoms with Crippen LogP contribution in [0.4, 0.5) is 0 Å². The zero-order valence-electron chi connectivity index (χ0n) is 20.1. The van der Waals surface area contributed by atoms with E-state index in [0.717, 1.165) is 62.6 Å². The van der Waals surface area contributed by atoms with Gasteiger partial charge in [0.1, 0.15) is 17.2 Å². The van der Waals surface area contributed by atoms with Crippen molar-refractivity contribution < 1.29 is 9.84 Å². The number of aromatic hydroxyl groups is 1. The molecule has 0 atom stereocenters. The molecule has 1 heterocycles. The van der Waals surface area contributed by atoms with Crippen molar-refractivity contribution >= 4 is 21.4 Å². The van der Waals surface area contributed by atoms with E-state index >= 15 is 0 Å². The van der Waals surface area contributed by atoms with E-state index in [1.54, 1.807) is 11.3 Å². The largest absolute Gasteiger partial charge is 0.507 e. The Kier molecular flexibility index (Phi) is 5.95. The first kappa shape index (κ1) is 22.7. The number of para-hydroxylation sites is 1. The molecule has 0 spiro atoms. The third-order valence-electron chi connectivity index (χ3n) is 6.70. The maximum atomic E-state index is 14.0. The molecule has 34 heavy (non-hydrogen) atoms. The fraction of sp³-hybridized carbons (Fsp3) is 0.300. The van der Waals surface area contributed by atoms with Gasteiger partial charge in [-0.05, 0) is 91.5 Å². The normalized spacial score (nSPS) is 13.6. The second kappa shape index (κ2) is 8.92. The van der Waals surface area contributed by atoms with E-state index in [-0.39, 0.29) is 11.2 Å². The summed E-state index contributed by atoms with van der Waals surface area (Å²) >= 11 is 1.71. The van der Waals surface area contributed by atoms with Gasteiger partial charge in [0, 0.05) is 15.1 Å². The minimum absolute atomic E-state index is 0.0574. The van der Waals surface area contributed by atoms with E-state index < -0.39 is 0 Å². The molecule has 0 bridgehead atoms. The summed E-state index contributed by atoms with van der Waals surface area (Å²) in [6, 6.07) is 17.4. The van der Waals surface area contributed by atoms with E-state index in [0.29, 0.717) is 17.2 Å². The van der Waals surface area contributed by atoms with E-state index in [1.807, 2.05) is 61.5 Å². The summed E-state index contributed by atoms with van der Waals surface area (Å²) < 4.78 is 6.91. The molecule has 3 nitrogen and oxygen atoms in total. The summed E-state index contributed by atoms with van der Waals surface area (Å²) in [5.41, 5.74) is 4.68. The number of hydrogen-bond acceptors (Lipinski definition) is 4. The highest BCUT2D eigenvalue weighted by molar-refractivity contribution is 7.19. The predicted molar refractivity (Wildman–Crippen MR) is 142 cm³/mol. The number of phenolic OH excluding ortho intramolecular Hbond substituents is 1. The molecular weight excluding hydrogens is 440 g/mol. The highest BCUT2D eigenvalue weighted by Crippen LogP contribution is 2.49.